The molecule has 1 atom stereocenters. The molecule has 0 aromatic rings. The van der Waals surface area contributed by atoms with Gasteiger partial charge in [-0.1, -0.05) is 0 Å². The quantitative estimate of drug-likeness (QED) is 0.513. The first-order valence-electron chi connectivity index (χ1n) is 3.01. The van der Waals surface area contributed by atoms with Crippen molar-refractivity contribution in [1.29, 1.82) is 0 Å². The number of carbonyl (C=O) groups excluding carboxylic acids is 1. The molecule has 0 aromatic carbocycles. The van der Waals surface area contributed by atoms with Gasteiger partial charge in [-0.2, -0.15) is 0 Å². The zero-order valence-corrected chi connectivity index (χ0v) is 5.42. The van der Waals surface area contributed by atoms with Crippen molar-refractivity contribution in [2.75, 3.05) is 13.7 Å². The van der Waals surface area contributed by atoms with Gasteiger partial charge in [0.15, 0.2) is 5.78 Å². The molecule has 0 aliphatic carbocycles. The van der Waals surface area contributed by atoms with Crippen LogP contribution in [0.3, 0.4) is 0 Å². The maximum absolute atomic E-state index is 10.8. The summed E-state index contributed by atoms with van der Waals surface area (Å²) in [5.41, 5.74) is 0. The highest BCUT2D eigenvalue weighted by Crippen LogP contribution is 2.08. The molecule has 1 fully saturated rings. The van der Waals surface area contributed by atoms with Crippen molar-refractivity contribution in [1.82, 2.24) is 0 Å². The van der Waals surface area contributed by atoms with Crippen LogP contribution in [0.5, 0.6) is 0 Å². The van der Waals surface area contributed by atoms with Crippen molar-refractivity contribution in [3.63, 3.8) is 0 Å². The van der Waals surface area contributed by atoms with E-state index in [9.17, 15) is 4.79 Å². The summed E-state index contributed by atoms with van der Waals surface area (Å²) >= 11 is 0. The van der Waals surface area contributed by atoms with Crippen LogP contribution in [-0.4, -0.2) is 25.8 Å². The van der Waals surface area contributed by atoms with Crippen LogP contribution in [-0.2, 0) is 14.3 Å². The predicted molar refractivity (Wildman–Crippen MR) is 31.0 cm³/mol. The van der Waals surface area contributed by atoms with Gasteiger partial charge in [-0.3, -0.25) is 4.79 Å². The predicted octanol–water partition coefficient (Wildman–Crippen LogP) is 0.338. The molecule has 3 heteroatoms. The van der Waals surface area contributed by atoms with E-state index in [1.165, 1.54) is 7.11 Å². The third-order valence-corrected chi connectivity index (χ3v) is 1.31. The van der Waals surface area contributed by atoms with E-state index in [0.29, 0.717) is 13.0 Å². The minimum Gasteiger partial charge on any atom is -0.349 e. The topological polar surface area (TPSA) is 35.5 Å². The summed E-state index contributed by atoms with van der Waals surface area (Å²) in [5.74, 6) is 0.0590. The van der Waals surface area contributed by atoms with Gasteiger partial charge < -0.3 is 9.47 Å². The van der Waals surface area contributed by atoms with E-state index in [1.54, 1.807) is 0 Å². The monoisotopic (exact) mass is 130 g/mol. The zero-order valence-electron chi connectivity index (χ0n) is 5.42. The number of Topliss-reactive ketones (excluding diaryl/α,β-unsaturated/α-hetero) is 1. The molecule has 1 heterocycles. The molecular formula is C6H10O3. The largest absolute Gasteiger partial charge is 0.349 e. The van der Waals surface area contributed by atoms with E-state index in [1.807, 2.05) is 0 Å². The van der Waals surface area contributed by atoms with Crippen LogP contribution in [0.2, 0.25) is 0 Å². The molecule has 0 amide bonds. The molecule has 0 N–H and O–H groups in total. The lowest BCUT2D eigenvalue weighted by Gasteiger charge is -2.18. The van der Waals surface area contributed by atoms with E-state index >= 15 is 0 Å². The molecule has 0 bridgehead atoms. The number of hydrogen-bond donors (Lipinski definition) is 0. The van der Waals surface area contributed by atoms with Gasteiger partial charge in [0.05, 0.1) is 6.61 Å². The van der Waals surface area contributed by atoms with E-state index in [-0.39, 0.29) is 5.78 Å². The first kappa shape index (κ1) is 6.71. The third kappa shape index (κ3) is 1.50. The van der Waals surface area contributed by atoms with Crippen LogP contribution in [0.15, 0.2) is 0 Å². The summed E-state index contributed by atoms with van der Waals surface area (Å²) in [7, 11) is 1.48. The molecule has 1 aliphatic heterocycles. The molecular weight excluding hydrogens is 120 g/mol. The van der Waals surface area contributed by atoms with Crippen molar-refractivity contribution < 1.29 is 14.3 Å². The second-order valence-electron chi connectivity index (χ2n) is 2.01. The summed E-state index contributed by atoms with van der Waals surface area (Å²) in [6, 6.07) is 0. The highest BCUT2D eigenvalue weighted by Gasteiger charge is 2.21. The van der Waals surface area contributed by atoms with Gasteiger partial charge in [-0.25, -0.2) is 0 Å². The lowest BCUT2D eigenvalue weighted by Crippen LogP contribution is -2.30. The van der Waals surface area contributed by atoms with Gasteiger partial charge >= 0.3 is 0 Å². The molecule has 0 spiro atoms. The molecule has 0 aromatic heterocycles. The standard InChI is InChI=1S/C6H10O3/c1-8-6-5(7)3-2-4-9-6/h6H,2-4H2,1H3/t6-/m1/s1. The normalized spacial score (nSPS) is 28.6. The average molecular weight is 130 g/mol. The second kappa shape index (κ2) is 2.94. The fourth-order valence-electron chi connectivity index (χ4n) is 0.847. The molecule has 1 rings (SSSR count). The fourth-order valence-corrected chi connectivity index (χ4v) is 0.847. The van der Waals surface area contributed by atoms with E-state index in [0.717, 1.165) is 6.42 Å². The minimum atomic E-state index is -0.584. The number of ether oxygens (including phenoxy) is 2. The van der Waals surface area contributed by atoms with Gasteiger partial charge in [0, 0.05) is 13.5 Å². The molecule has 3 nitrogen and oxygen atoms in total. The third-order valence-electron chi connectivity index (χ3n) is 1.31. The van der Waals surface area contributed by atoms with Crippen molar-refractivity contribution >= 4 is 5.78 Å². The van der Waals surface area contributed by atoms with E-state index < -0.39 is 6.29 Å². The average Bonchev–Trinajstić information content (AvgIpc) is 1.89. The number of rotatable bonds is 1. The molecule has 1 saturated heterocycles. The molecule has 0 saturated carbocycles. The summed E-state index contributed by atoms with van der Waals surface area (Å²) in [6.07, 6.45) is 0.843. The van der Waals surface area contributed by atoms with Crippen LogP contribution in [0.25, 0.3) is 0 Å². The molecule has 0 unspecified atom stereocenters. The van der Waals surface area contributed by atoms with E-state index in [4.69, 9.17) is 9.47 Å². The molecule has 52 valence electrons. The van der Waals surface area contributed by atoms with E-state index in [2.05, 4.69) is 0 Å². The Morgan fingerprint density at radius 3 is 3.00 bits per heavy atom. The minimum absolute atomic E-state index is 0.0590. The Morgan fingerprint density at radius 1 is 1.78 bits per heavy atom. The first-order valence-corrected chi connectivity index (χ1v) is 3.01. The van der Waals surface area contributed by atoms with Gasteiger partial charge in [0.25, 0.3) is 0 Å². The lowest BCUT2D eigenvalue weighted by atomic mass is 10.2. The maximum Gasteiger partial charge on any atom is 0.217 e. The van der Waals surface area contributed by atoms with Gasteiger partial charge in [-0.15, -0.1) is 0 Å². The van der Waals surface area contributed by atoms with Crippen molar-refractivity contribution in [2.24, 2.45) is 0 Å². The van der Waals surface area contributed by atoms with Crippen LogP contribution >= 0.6 is 0 Å². The molecule has 0 radical (unpaired) electrons. The molecule has 9 heavy (non-hydrogen) atoms. The van der Waals surface area contributed by atoms with Crippen LogP contribution in [0, 0.1) is 0 Å². The maximum atomic E-state index is 10.8. The Labute approximate surface area is 53.9 Å². The first-order chi connectivity index (χ1) is 4.34. The Morgan fingerprint density at radius 2 is 2.56 bits per heavy atom. The number of ketones is 1. The summed E-state index contributed by atoms with van der Waals surface area (Å²) in [4.78, 5) is 10.8. The van der Waals surface area contributed by atoms with Crippen molar-refractivity contribution in [3.8, 4) is 0 Å². The summed E-state index contributed by atoms with van der Waals surface area (Å²) in [5, 5.41) is 0. The Hall–Kier alpha value is -0.410. The molecule has 1 aliphatic rings. The van der Waals surface area contributed by atoms with Gasteiger partial charge in [0.2, 0.25) is 6.29 Å². The van der Waals surface area contributed by atoms with Gasteiger partial charge in [0.1, 0.15) is 0 Å². The zero-order chi connectivity index (χ0) is 6.69. The Kier molecular flexibility index (Phi) is 2.19. The highest BCUT2D eigenvalue weighted by molar-refractivity contribution is 5.82. The Bertz CT molecular complexity index is 111. The number of methoxy groups -OCH3 is 1. The van der Waals surface area contributed by atoms with Crippen molar-refractivity contribution in [2.45, 2.75) is 19.1 Å². The fraction of sp³-hybridized carbons (Fsp3) is 0.833. The van der Waals surface area contributed by atoms with Crippen LogP contribution in [0.4, 0.5) is 0 Å². The lowest BCUT2D eigenvalue weighted by molar-refractivity contribution is -0.171. The summed E-state index contributed by atoms with van der Waals surface area (Å²) in [6.45, 7) is 0.643. The summed E-state index contributed by atoms with van der Waals surface area (Å²) < 4.78 is 9.70. The van der Waals surface area contributed by atoms with Gasteiger partial charge in [-0.05, 0) is 6.42 Å². The van der Waals surface area contributed by atoms with Crippen molar-refractivity contribution in [3.05, 3.63) is 0 Å². The second-order valence-corrected chi connectivity index (χ2v) is 2.01. The SMILES string of the molecule is CO[C@@H]1OCCCC1=O. The smallest absolute Gasteiger partial charge is 0.217 e. The van der Waals surface area contributed by atoms with Crippen LogP contribution in [0.1, 0.15) is 12.8 Å². The number of hydrogen-bond acceptors (Lipinski definition) is 3. The number of carbonyl (C=O) groups is 1. The highest BCUT2D eigenvalue weighted by atomic mass is 16.7. The van der Waals surface area contributed by atoms with Crippen LogP contribution < -0.4 is 0 Å². The Balaban J connectivity index is 2.39.